The molecule has 2 rings (SSSR count). The maximum absolute atomic E-state index is 12.3. The molecule has 2 aromatic rings. The maximum Gasteiger partial charge on any atom is 0.253 e. The van der Waals surface area contributed by atoms with Gasteiger partial charge in [0, 0.05) is 12.6 Å². The number of nitrogens with zero attached hydrogens (tertiary/aromatic N) is 1. The second-order valence-electron chi connectivity index (χ2n) is 5.12. The molecule has 0 aliphatic heterocycles. The Hall–Kier alpha value is -2.49. The van der Waals surface area contributed by atoms with Crippen molar-refractivity contribution >= 4 is 5.91 Å². The SMILES string of the molecule is COc1ccc(C(=O)N(C)CCOc2ccc(C)cc2)cc1. The smallest absolute Gasteiger partial charge is 0.253 e. The average Bonchev–Trinajstić information content (AvgIpc) is 2.56. The van der Waals surface area contributed by atoms with Gasteiger partial charge in [0.25, 0.3) is 5.91 Å². The number of carbonyl (C=O) groups excluding carboxylic acids is 1. The van der Waals surface area contributed by atoms with Crippen LogP contribution < -0.4 is 9.47 Å². The van der Waals surface area contributed by atoms with Crippen molar-refractivity contribution in [3.8, 4) is 11.5 Å². The summed E-state index contributed by atoms with van der Waals surface area (Å²) in [7, 11) is 3.37. The number of likely N-dealkylation sites (N-methyl/N-ethyl adjacent to an activating group) is 1. The maximum atomic E-state index is 12.3. The molecule has 0 atom stereocenters. The number of methoxy groups -OCH3 is 1. The molecule has 0 spiro atoms. The second-order valence-corrected chi connectivity index (χ2v) is 5.12. The van der Waals surface area contributed by atoms with E-state index in [9.17, 15) is 4.79 Å². The molecule has 0 aliphatic carbocycles. The molecule has 0 aromatic heterocycles. The summed E-state index contributed by atoms with van der Waals surface area (Å²) in [6.45, 7) is 3.02. The van der Waals surface area contributed by atoms with Gasteiger partial charge in [0.15, 0.2) is 0 Å². The van der Waals surface area contributed by atoms with Gasteiger partial charge in [0.1, 0.15) is 18.1 Å². The third-order valence-electron chi connectivity index (χ3n) is 3.40. The highest BCUT2D eigenvalue weighted by molar-refractivity contribution is 5.94. The van der Waals surface area contributed by atoms with Crippen LogP contribution >= 0.6 is 0 Å². The molecule has 0 bridgehead atoms. The molecule has 0 unspecified atom stereocenters. The highest BCUT2D eigenvalue weighted by Crippen LogP contribution is 2.13. The van der Waals surface area contributed by atoms with E-state index in [4.69, 9.17) is 9.47 Å². The van der Waals surface area contributed by atoms with Gasteiger partial charge in [-0.15, -0.1) is 0 Å². The molecule has 4 heteroatoms. The molecule has 116 valence electrons. The van der Waals surface area contributed by atoms with Crippen LogP contribution in [0.4, 0.5) is 0 Å². The van der Waals surface area contributed by atoms with Crippen molar-refractivity contribution in [2.45, 2.75) is 6.92 Å². The highest BCUT2D eigenvalue weighted by Gasteiger charge is 2.11. The monoisotopic (exact) mass is 299 g/mol. The Morgan fingerprint density at radius 1 is 1.00 bits per heavy atom. The Balaban J connectivity index is 1.84. The molecule has 22 heavy (non-hydrogen) atoms. The molecule has 1 amide bonds. The van der Waals surface area contributed by atoms with Crippen molar-refractivity contribution in [3.05, 3.63) is 59.7 Å². The van der Waals surface area contributed by atoms with Gasteiger partial charge in [-0.1, -0.05) is 17.7 Å². The van der Waals surface area contributed by atoms with Crippen LogP contribution in [0.25, 0.3) is 0 Å². The fraction of sp³-hybridized carbons (Fsp3) is 0.278. The first-order valence-electron chi connectivity index (χ1n) is 7.19. The first-order chi connectivity index (χ1) is 10.6. The first-order valence-corrected chi connectivity index (χ1v) is 7.19. The third kappa shape index (κ3) is 4.25. The molecule has 0 radical (unpaired) electrons. The molecule has 0 saturated carbocycles. The quantitative estimate of drug-likeness (QED) is 0.822. The molecule has 0 aliphatic rings. The van der Waals surface area contributed by atoms with Crippen molar-refractivity contribution < 1.29 is 14.3 Å². The molecule has 0 heterocycles. The fourth-order valence-corrected chi connectivity index (χ4v) is 1.99. The lowest BCUT2D eigenvalue weighted by atomic mass is 10.2. The summed E-state index contributed by atoms with van der Waals surface area (Å²) in [6, 6.07) is 15.0. The molecular formula is C18H21NO3. The summed E-state index contributed by atoms with van der Waals surface area (Å²) in [5, 5.41) is 0. The Kier molecular flexibility index (Phi) is 5.42. The van der Waals surface area contributed by atoms with Crippen LogP contribution in [0, 0.1) is 6.92 Å². The standard InChI is InChI=1S/C18H21NO3/c1-14-4-8-17(9-5-14)22-13-12-19(2)18(20)15-6-10-16(21-3)11-7-15/h4-11H,12-13H2,1-3H3. The van der Waals surface area contributed by atoms with Crippen LogP contribution in [-0.2, 0) is 0 Å². The summed E-state index contributed by atoms with van der Waals surface area (Å²) < 4.78 is 10.7. The minimum atomic E-state index is -0.0323. The van der Waals surface area contributed by atoms with Crippen LogP contribution in [0.3, 0.4) is 0 Å². The predicted octanol–water partition coefficient (Wildman–Crippen LogP) is 3.15. The van der Waals surface area contributed by atoms with Crippen molar-refractivity contribution in [1.29, 1.82) is 0 Å². The van der Waals surface area contributed by atoms with Gasteiger partial charge in [-0.05, 0) is 43.3 Å². The van der Waals surface area contributed by atoms with E-state index in [0.29, 0.717) is 18.7 Å². The predicted molar refractivity (Wildman–Crippen MR) is 86.6 cm³/mol. The minimum Gasteiger partial charge on any atom is -0.497 e. The first kappa shape index (κ1) is 15.9. The van der Waals surface area contributed by atoms with Gasteiger partial charge in [-0.2, -0.15) is 0 Å². The number of rotatable bonds is 6. The van der Waals surface area contributed by atoms with Crippen LogP contribution in [0.15, 0.2) is 48.5 Å². The molecular weight excluding hydrogens is 278 g/mol. The average molecular weight is 299 g/mol. The van der Waals surface area contributed by atoms with Gasteiger partial charge in [-0.3, -0.25) is 4.79 Å². The van der Waals surface area contributed by atoms with Gasteiger partial charge in [0.2, 0.25) is 0 Å². The summed E-state index contributed by atoms with van der Waals surface area (Å²) >= 11 is 0. The van der Waals surface area contributed by atoms with Gasteiger partial charge in [-0.25, -0.2) is 0 Å². The third-order valence-corrected chi connectivity index (χ3v) is 3.40. The van der Waals surface area contributed by atoms with Crippen molar-refractivity contribution in [2.24, 2.45) is 0 Å². The molecule has 4 nitrogen and oxygen atoms in total. The zero-order valence-corrected chi connectivity index (χ0v) is 13.2. The molecule has 0 saturated heterocycles. The van der Waals surface area contributed by atoms with E-state index in [2.05, 4.69) is 0 Å². The van der Waals surface area contributed by atoms with Gasteiger partial charge in [0.05, 0.1) is 13.7 Å². The van der Waals surface area contributed by atoms with Crippen molar-refractivity contribution in [3.63, 3.8) is 0 Å². The largest absolute Gasteiger partial charge is 0.497 e. The number of amides is 1. The Bertz CT molecular complexity index is 605. The van der Waals surface area contributed by atoms with Crippen LogP contribution in [0.1, 0.15) is 15.9 Å². The summed E-state index contributed by atoms with van der Waals surface area (Å²) in [6.07, 6.45) is 0. The Morgan fingerprint density at radius 3 is 2.18 bits per heavy atom. The molecule has 2 aromatic carbocycles. The van der Waals surface area contributed by atoms with E-state index < -0.39 is 0 Å². The molecule has 0 fully saturated rings. The molecule has 0 N–H and O–H groups in total. The number of hydrogen-bond acceptors (Lipinski definition) is 3. The van der Waals surface area contributed by atoms with E-state index in [0.717, 1.165) is 11.5 Å². The van der Waals surface area contributed by atoms with Crippen LogP contribution in [-0.4, -0.2) is 38.1 Å². The lowest BCUT2D eigenvalue weighted by Crippen LogP contribution is -2.30. The minimum absolute atomic E-state index is 0.0323. The van der Waals surface area contributed by atoms with Crippen LogP contribution in [0.5, 0.6) is 11.5 Å². The number of carbonyl (C=O) groups is 1. The summed E-state index contributed by atoms with van der Waals surface area (Å²) in [5.41, 5.74) is 1.83. The zero-order valence-electron chi connectivity index (χ0n) is 13.2. The van der Waals surface area contributed by atoms with E-state index in [1.54, 1.807) is 43.3 Å². The lowest BCUT2D eigenvalue weighted by molar-refractivity contribution is 0.0774. The topological polar surface area (TPSA) is 38.8 Å². The van der Waals surface area contributed by atoms with Gasteiger partial charge >= 0.3 is 0 Å². The number of ether oxygens (including phenoxy) is 2. The second kappa shape index (κ2) is 7.50. The summed E-state index contributed by atoms with van der Waals surface area (Å²) in [5.74, 6) is 1.52. The van der Waals surface area contributed by atoms with Crippen LogP contribution in [0.2, 0.25) is 0 Å². The Labute approximate surface area is 131 Å². The number of hydrogen-bond donors (Lipinski definition) is 0. The summed E-state index contributed by atoms with van der Waals surface area (Å²) in [4.78, 5) is 13.9. The van der Waals surface area contributed by atoms with E-state index >= 15 is 0 Å². The zero-order chi connectivity index (χ0) is 15.9. The fourth-order valence-electron chi connectivity index (χ4n) is 1.99. The van der Waals surface area contributed by atoms with Crippen molar-refractivity contribution in [1.82, 2.24) is 4.90 Å². The Morgan fingerprint density at radius 2 is 1.59 bits per heavy atom. The van der Waals surface area contributed by atoms with E-state index in [1.165, 1.54) is 5.56 Å². The normalized spacial score (nSPS) is 10.1. The van der Waals surface area contributed by atoms with E-state index in [1.807, 2.05) is 31.2 Å². The number of benzene rings is 2. The highest BCUT2D eigenvalue weighted by atomic mass is 16.5. The van der Waals surface area contributed by atoms with E-state index in [-0.39, 0.29) is 5.91 Å². The number of aryl methyl sites for hydroxylation is 1. The van der Waals surface area contributed by atoms with Gasteiger partial charge < -0.3 is 14.4 Å². The lowest BCUT2D eigenvalue weighted by Gasteiger charge is -2.17. The van der Waals surface area contributed by atoms with Crippen molar-refractivity contribution in [2.75, 3.05) is 27.3 Å².